The maximum Gasteiger partial charge on any atom is 0.161 e. The number of hydrogen-bond acceptors (Lipinski definition) is 4. The fourth-order valence-electron chi connectivity index (χ4n) is 2.92. The Hall–Kier alpha value is -2.40. The SMILES string of the molecule is COc1ccccc1CNCc1ccc(OCc2ccc(Cl)c(Cl)c2)c(OC)c1. The number of rotatable bonds is 9. The van der Waals surface area contributed by atoms with Crippen molar-refractivity contribution in [2.45, 2.75) is 19.7 Å². The molecule has 152 valence electrons. The number of halogens is 2. The second-order valence-electron chi connectivity index (χ2n) is 6.44. The molecular formula is C23H23Cl2NO3. The number of nitrogens with one attached hydrogen (secondary N) is 1. The van der Waals surface area contributed by atoms with Crippen LogP contribution in [0.1, 0.15) is 16.7 Å². The van der Waals surface area contributed by atoms with Gasteiger partial charge in [-0.1, -0.05) is 53.5 Å². The molecule has 0 saturated heterocycles. The molecule has 3 aromatic rings. The number of para-hydroxylation sites is 1. The second kappa shape index (κ2) is 10.4. The van der Waals surface area contributed by atoms with Gasteiger partial charge in [-0.25, -0.2) is 0 Å². The lowest BCUT2D eigenvalue weighted by Gasteiger charge is -2.13. The molecule has 3 rings (SSSR count). The monoisotopic (exact) mass is 431 g/mol. The number of ether oxygens (including phenoxy) is 3. The van der Waals surface area contributed by atoms with E-state index < -0.39 is 0 Å². The zero-order valence-corrected chi connectivity index (χ0v) is 17.9. The molecule has 0 aliphatic heterocycles. The van der Waals surface area contributed by atoms with E-state index in [0.717, 1.165) is 22.4 Å². The Morgan fingerprint density at radius 1 is 0.724 bits per heavy atom. The molecule has 0 fully saturated rings. The topological polar surface area (TPSA) is 39.7 Å². The molecule has 1 N–H and O–H groups in total. The van der Waals surface area contributed by atoms with Crippen LogP contribution in [0.2, 0.25) is 10.0 Å². The average molecular weight is 432 g/mol. The van der Waals surface area contributed by atoms with Gasteiger partial charge in [0.2, 0.25) is 0 Å². The van der Waals surface area contributed by atoms with Crippen LogP contribution in [0.15, 0.2) is 60.7 Å². The van der Waals surface area contributed by atoms with Crippen molar-refractivity contribution in [3.05, 3.63) is 87.4 Å². The van der Waals surface area contributed by atoms with Gasteiger partial charge in [0.05, 0.1) is 24.3 Å². The summed E-state index contributed by atoms with van der Waals surface area (Å²) in [5, 5.41) is 4.47. The van der Waals surface area contributed by atoms with Gasteiger partial charge in [-0.05, 0) is 41.5 Å². The molecule has 29 heavy (non-hydrogen) atoms. The van der Waals surface area contributed by atoms with Crippen molar-refractivity contribution >= 4 is 23.2 Å². The van der Waals surface area contributed by atoms with Gasteiger partial charge in [-0.3, -0.25) is 0 Å². The van der Waals surface area contributed by atoms with E-state index in [4.69, 9.17) is 37.4 Å². The van der Waals surface area contributed by atoms with Crippen molar-refractivity contribution < 1.29 is 14.2 Å². The smallest absolute Gasteiger partial charge is 0.161 e. The minimum atomic E-state index is 0.374. The Morgan fingerprint density at radius 2 is 1.48 bits per heavy atom. The van der Waals surface area contributed by atoms with E-state index in [0.29, 0.717) is 41.2 Å². The first-order valence-corrected chi connectivity index (χ1v) is 9.92. The van der Waals surface area contributed by atoms with E-state index in [1.165, 1.54) is 0 Å². The summed E-state index contributed by atoms with van der Waals surface area (Å²) in [5.41, 5.74) is 3.14. The normalized spacial score (nSPS) is 10.6. The van der Waals surface area contributed by atoms with Gasteiger partial charge in [0.1, 0.15) is 12.4 Å². The third kappa shape index (κ3) is 5.80. The van der Waals surface area contributed by atoms with E-state index in [1.807, 2.05) is 48.5 Å². The largest absolute Gasteiger partial charge is 0.496 e. The van der Waals surface area contributed by atoms with E-state index in [2.05, 4.69) is 5.32 Å². The Morgan fingerprint density at radius 3 is 2.24 bits per heavy atom. The molecule has 0 aliphatic carbocycles. The van der Waals surface area contributed by atoms with Crippen LogP contribution in [0.4, 0.5) is 0 Å². The van der Waals surface area contributed by atoms with Gasteiger partial charge in [-0.2, -0.15) is 0 Å². The van der Waals surface area contributed by atoms with Gasteiger partial charge < -0.3 is 19.5 Å². The summed E-state index contributed by atoms with van der Waals surface area (Å²) in [6.45, 7) is 1.78. The molecule has 0 saturated carbocycles. The lowest BCUT2D eigenvalue weighted by atomic mass is 10.1. The summed E-state index contributed by atoms with van der Waals surface area (Å²) in [6, 6.07) is 19.3. The zero-order chi connectivity index (χ0) is 20.6. The highest BCUT2D eigenvalue weighted by Crippen LogP contribution is 2.30. The molecular weight excluding hydrogens is 409 g/mol. The lowest BCUT2D eigenvalue weighted by molar-refractivity contribution is 0.284. The standard InChI is InChI=1S/C23H23Cl2NO3/c1-27-21-6-4-3-5-18(21)14-26-13-16-8-10-22(23(12-16)28-2)29-15-17-7-9-19(24)20(25)11-17/h3-12,26H,13-15H2,1-2H3. The van der Waals surface area contributed by atoms with Crippen LogP contribution in [0.25, 0.3) is 0 Å². The van der Waals surface area contributed by atoms with Crippen LogP contribution >= 0.6 is 23.2 Å². The third-order valence-corrected chi connectivity index (χ3v) is 5.18. The molecule has 0 atom stereocenters. The molecule has 0 aromatic heterocycles. The van der Waals surface area contributed by atoms with Crippen molar-refractivity contribution in [2.75, 3.05) is 14.2 Å². The zero-order valence-electron chi connectivity index (χ0n) is 16.4. The Labute approximate surface area is 181 Å². The number of benzene rings is 3. The maximum absolute atomic E-state index is 6.06. The van der Waals surface area contributed by atoms with Gasteiger partial charge in [0, 0.05) is 18.7 Å². The van der Waals surface area contributed by atoms with Crippen molar-refractivity contribution in [3.63, 3.8) is 0 Å². The number of hydrogen-bond donors (Lipinski definition) is 1. The van der Waals surface area contributed by atoms with E-state index in [9.17, 15) is 0 Å². The molecule has 0 spiro atoms. The second-order valence-corrected chi connectivity index (χ2v) is 7.25. The molecule has 0 heterocycles. The minimum Gasteiger partial charge on any atom is -0.496 e. The molecule has 3 aromatic carbocycles. The van der Waals surface area contributed by atoms with Gasteiger partial charge in [0.15, 0.2) is 11.5 Å². The first kappa shape index (κ1) is 21.3. The minimum absolute atomic E-state index is 0.374. The van der Waals surface area contributed by atoms with Gasteiger partial charge in [0.25, 0.3) is 0 Å². The predicted octanol–water partition coefficient (Wildman–Crippen LogP) is 5.88. The first-order chi connectivity index (χ1) is 14.1. The molecule has 4 nitrogen and oxygen atoms in total. The summed E-state index contributed by atoms with van der Waals surface area (Å²) < 4.78 is 16.8. The summed E-state index contributed by atoms with van der Waals surface area (Å²) in [5.74, 6) is 2.23. The lowest BCUT2D eigenvalue weighted by Crippen LogP contribution is -2.13. The van der Waals surface area contributed by atoms with Crippen LogP contribution < -0.4 is 19.5 Å². The highest BCUT2D eigenvalue weighted by molar-refractivity contribution is 6.42. The fourth-order valence-corrected chi connectivity index (χ4v) is 3.24. The van der Waals surface area contributed by atoms with E-state index >= 15 is 0 Å². The summed E-state index contributed by atoms with van der Waals surface area (Å²) in [6.07, 6.45) is 0. The summed E-state index contributed by atoms with van der Waals surface area (Å²) in [7, 11) is 3.31. The molecule has 0 unspecified atom stereocenters. The maximum atomic E-state index is 6.06. The molecule has 0 aliphatic rings. The first-order valence-electron chi connectivity index (χ1n) is 9.17. The fraction of sp³-hybridized carbons (Fsp3) is 0.217. The van der Waals surface area contributed by atoms with Gasteiger partial charge in [-0.15, -0.1) is 0 Å². The quantitative estimate of drug-likeness (QED) is 0.459. The predicted molar refractivity (Wildman–Crippen MR) is 117 cm³/mol. The molecule has 0 radical (unpaired) electrons. The van der Waals surface area contributed by atoms with Crippen LogP contribution in [-0.2, 0) is 19.7 Å². The number of methoxy groups -OCH3 is 2. The van der Waals surface area contributed by atoms with Crippen LogP contribution in [-0.4, -0.2) is 14.2 Å². The highest BCUT2D eigenvalue weighted by Gasteiger charge is 2.08. The highest BCUT2D eigenvalue weighted by atomic mass is 35.5. The van der Waals surface area contributed by atoms with Gasteiger partial charge >= 0.3 is 0 Å². The molecule has 6 heteroatoms. The van der Waals surface area contributed by atoms with E-state index in [-0.39, 0.29) is 0 Å². The molecule has 0 amide bonds. The van der Waals surface area contributed by atoms with Crippen molar-refractivity contribution in [1.29, 1.82) is 0 Å². The van der Waals surface area contributed by atoms with Crippen molar-refractivity contribution in [3.8, 4) is 17.2 Å². The Bertz CT molecular complexity index is 963. The average Bonchev–Trinajstić information content (AvgIpc) is 2.75. The Kier molecular flexibility index (Phi) is 7.64. The summed E-state index contributed by atoms with van der Waals surface area (Å²) in [4.78, 5) is 0. The molecule has 0 bridgehead atoms. The Balaban J connectivity index is 1.60. The summed E-state index contributed by atoms with van der Waals surface area (Å²) >= 11 is 12.0. The van der Waals surface area contributed by atoms with Crippen LogP contribution in [0, 0.1) is 0 Å². The third-order valence-electron chi connectivity index (χ3n) is 4.44. The van der Waals surface area contributed by atoms with E-state index in [1.54, 1.807) is 26.4 Å². The van der Waals surface area contributed by atoms with Crippen molar-refractivity contribution in [2.24, 2.45) is 0 Å². The van der Waals surface area contributed by atoms with Crippen LogP contribution in [0.5, 0.6) is 17.2 Å². The van der Waals surface area contributed by atoms with Crippen molar-refractivity contribution in [1.82, 2.24) is 5.32 Å². The van der Waals surface area contributed by atoms with Crippen LogP contribution in [0.3, 0.4) is 0 Å².